The molecule has 1 aliphatic rings. The number of imide groups is 1. The van der Waals surface area contributed by atoms with Crippen molar-refractivity contribution >= 4 is 34.9 Å². The summed E-state index contributed by atoms with van der Waals surface area (Å²) in [5.41, 5.74) is 1.27. The van der Waals surface area contributed by atoms with Crippen molar-refractivity contribution in [2.45, 2.75) is 13.0 Å². The SMILES string of the molecule is COc1ccc(CC(=O)NCCN2C(=O)S/C(=C\c3ccc(OC(F)F)c(OC)c3)C2=O)cc1. The molecule has 0 aliphatic carbocycles. The van der Waals surface area contributed by atoms with E-state index in [1.807, 2.05) is 0 Å². The molecular formula is C23H22F2N2O6S. The summed E-state index contributed by atoms with van der Waals surface area (Å²) in [6.07, 6.45) is 1.61. The molecule has 0 spiro atoms. The van der Waals surface area contributed by atoms with Gasteiger partial charge in [-0.05, 0) is 53.2 Å². The van der Waals surface area contributed by atoms with Gasteiger partial charge in [0.15, 0.2) is 11.5 Å². The van der Waals surface area contributed by atoms with Gasteiger partial charge in [0.25, 0.3) is 11.1 Å². The molecule has 1 fully saturated rings. The predicted octanol–water partition coefficient (Wildman–Crippen LogP) is 3.70. The van der Waals surface area contributed by atoms with Crippen LogP contribution in [-0.4, -0.2) is 55.9 Å². The Morgan fingerprint density at radius 3 is 2.47 bits per heavy atom. The number of halogens is 2. The van der Waals surface area contributed by atoms with Gasteiger partial charge >= 0.3 is 6.61 Å². The van der Waals surface area contributed by atoms with Crippen molar-refractivity contribution in [2.75, 3.05) is 27.3 Å². The smallest absolute Gasteiger partial charge is 0.387 e. The zero-order chi connectivity index (χ0) is 24.7. The van der Waals surface area contributed by atoms with Crippen molar-refractivity contribution in [3.05, 3.63) is 58.5 Å². The van der Waals surface area contributed by atoms with Gasteiger partial charge in [0, 0.05) is 13.1 Å². The average Bonchev–Trinajstić information content (AvgIpc) is 3.07. The lowest BCUT2D eigenvalue weighted by atomic mass is 10.1. The second-order valence-corrected chi connectivity index (χ2v) is 7.99. The number of alkyl halides is 2. The number of nitrogens with one attached hydrogen (secondary N) is 1. The van der Waals surface area contributed by atoms with E-state index in [0.29, 0.717) is 11.3 Å². The lowest BCUT2D eigenvalue weighted by Crippen LogP contribution is -2.37. The van der Waals surface area contributed by atoms with Gasteiger partial charge in [0.1, 0.15) is 5.75 Å². The minimum atomic E-state index is -3.01. The summed E-state index contributed by atoms with van der Waals surface area (Å²) < 4.78 is 39.5. The van der Waals surface area contributed by atoms with Gasteiger partial charge in [0.05, 0.1) is 25.5 Å². The van der Waals surface area contributed by atoms with Crippen LogP contribution in [0.15, 0.2) is 47.4 Å². The topological polar surface area (TPSA) is 94.2 Å². The molecule has 1 N–H and O–H groups in total. The van der Waals surface area contributed by atoms with Crippen molar-refractivity contribution in [3.63, 3.8) is 0 Å². The Morgan fingerprint density at radius 1 is 1.09 bits per heavy atom. The van der Waals surface area contributed by atoms with Gasteiger partial charge in [-0.15, -0.1) is 0 Å². The fourth-order valence-corrected chi connectivity index (χ4v) is 3.97. The summed E-state index contributed by atoms with van der Waals surface area (Å²) in [5, 5.41) is 2.23. The van der Waals surface area contributed by atoms with E-state index in [1.54, 1.807) is 31.4 Å². The van der Waals surface area contributed by atoms with Crippen molar-refractivity contribution in [2.24, 2.45) is 0 Å². The maximum absolute atomic E-state index is 12.7. The van der Waals surface area contributed by atoms with Crippen LogP contribution < -0.4 is 19.5 Å². The Bertz CT molecular complexity index is 1090. The van der Waals surface area contributed by atoms with E-state index in [1.165, 1.54) is 31.4 Å². The number of nitrogens with zero attached hydrogens (tertiary/aromatic N) is 1. The number of ether oxygens (including phenoxy) is 3. The van der Waals surface area contributed by atoms with Crippen LogP contribution in [0.1, 0.15) is 11.1 Å². The zero-order valence-electron chi connectivity index (χ0n) is 18.4. The standard InChI is InChI=1S/C23H22F2N2O6S/c1-31-16-6-3-14(4-7-16)13-20(28)26-9-10-27-21(29)19(34-23(27)30)12-15-5-8-17(33-22(24)25)18(11-15)32-2/h3-8,11-12,22H,9-10,13H2,1-2H3,(H,26,28)/b19-12-. The number of benzene rings is 2. The molecule has 0 saturated carbocycles. The summed E-state index contributed by atoms with van der Waals surface area (Å²) in [7, 11) is 2.86. The minimum absolute atomic E-state index is 0.0147. The van der Waals surface area contributed by atoms with Crippen LogP contribution in [0.5, 0.6) is 17.2 Å². The van der Waals surface area contributed by atoms with Gasteiger partial charge in [0.2, 0.25) is 5.91 Å². The summed E-state index contributed by atoms with van der Waals surface area (Å²) in [4.78, 5) is 38.3. The Hall–Kier alpha value is -3.60. The van der Waals surface area contributed by atoms with Crippen molar-refractivity contribution in [3.8, 4) is 17.2 Å². The number of thioether (sulfide) groups is 1. The highest BCUT2D eigenvalue weighted by molar-refractivity contribution is 8.18. The van der Waals surface area contributed by atoms with E-state index in [-0.39, 0.29) is 41.8 Å². The molecule has 2 aromatic rings. The first-order chi connectivity index (χ1) is 16.3. The fourth-order valence-electron chi connectivity index (χ4n) is 3.11. The van der Waals surface area contributed by atoms with E-state index in [4.69, 9.17) is 9.47 Å². The van der Waals surface area contributed by atoms with E-state index in [9.17, 15) is 23.2 Å². The van der Waals surface area contributed by atoms with Gasteiger partial charge in [-0.1, -0.05) is 18.2 Å². The molecule has 3 rings (SSSR count). The number of methoxy groups -OCH3 is 2. The minimum Gasteiger partial charge on any atom is -0.497 e. The van der Waals surface area contributed by atoms with Crippen LogP contribution >= 0.6 is 11.8 Å². The molecule has 11 heteroatoms. The van der Waals surface area contributed by atoms with E-state index >= 15 is 0 Å². The zero-order valence-corrected chi connectivity index (χ0v) is 19.2. The summed E-state index contributed by atoms with van der Waals surface area (Å²) in [6, 6.07) is 11.2. The second kappa shape index (κ2) is 11.5. The Balaban J connectivity index is 1.56. The molecule has 0 unspecified atom stereocenters. The monoisotopic (exact) mass is 492 g/mol. The van der Waals surface area contributed by atoms with Gasteiger partial charge in [-0.3, -0.25) is 19.3 Å². The molecule has 0 radical (unpaired) electrons. The lowest BCUT2D eigenvalue weighted by molar-refractivity contribution is -0.124. The Kier molecular flexibility index (Phi) is 8.47. The lowest BCUT2D eigenvalue weighted by Gasteiger charge is -2.13. The molecule has 8 nitrogen and oxygen atoms in total. The third kappa shape index (κ3) is 6.47. The third-order valence-electron chi connectivity index (χ3n) is 4.76. The molecule has 1 heterocycles. The highest BCUT2D eigenvalue weighted by atomic mass is 32.2. The highest BCUT2D eigenvalue weighted by Crippen LogP contribution is 2.34. The van der Waals surface area contributed by atoms with Crippen LogP contribution in [0.4, 0.5) is 13.6 Å². The number of hydrogen-bond donors (Lipinski definition) is 1. The number of rotatable bonds is 10. The molecule has 2 aromatic carbocycles. The first-order valence-corrected chi connectivity index (χ1v) is 10.9. The van der Waals surface area contributed by atoms with E-state index in [2.05, 4.69) is 10.1 Å². The van der Waals surface area contributed by atoms with E-state index < -0.39 is 17.8 Å². The molecular weight excluding hydrogens is 470 g/mol. The normalized spacial score (nSPS) is 14.6. The van der Waals surface area contributed by atoms with E-state index in [0.717, 1.165) is 22.2 Å². The van der Waals surface area contributed by atoms with Gasteiger partial charge < -0.3 is 19.5 Å². The third-order valence-corrected chi connectivity index (χ3v) is 5.66. The Labute approximate surface area is 198 Å². The molecule has 0 aromatic heterocycles. The summed E-state index contributed by atoms with van der Waals surface area (Å²) in [5.74, 6) is -0.148. The van der Waals surface area contributed by atoms with Crippen molar-refractivity contribution in [1.82, 2.24) is 10.2 Å². The fraction of sp³-hybridized carbons (Fsp3) is 0.261. The van der Waals surface area contributed by atoms with Crippen molar-refractivity contribution in [1.29, 1.82) is 0 Å². The summed E-state index contributed by atoms with van der Waals surface area (Å²) in [6.45, 7) is -2.89. The maximum Gasteiger partial charge on any atom is 0.387 e. The molecule has 3 amide bonds. The molecule has 1 aliphatic heterocycles. The quantitative estimate of drug-likeness (QED) is 0.506. The van der Waals surface area contributed by atoms with Gasteiger partial charge in [-0.2, -0.15) is 8.78 Å². The molecule has 1 saturated heterocycles. The number of amides is 3. The maximum atomic E-state index is 12.7. The molecule has 34 heavy (non-hydrogen) atoms. The number of carbonyl (C=O) groups is 3. The van der Waals surface area contributed by atoms with Crippen LogP contribution in [-0.2, 0) is 16.0 Å². The van der Waals surface area contributed by atoms with Crippen LogP contribution in [0.2, 0.25) is 0 Å². The average molecular weight is 493 g/mol. The summed E-state index contributed by atoms with van der Waals surface area (Å²) >= 11 is 0.752. The predicted molar refractivity (Wildman–Crippen MR) is 122 cm³/mol. The second-order valence-electron chi connectivity index (χ2n) is 7.00. The first-order valence-electron chi connectivity index (χ1n) is 10.1. The van der Waals surface area contributed by atoms with Crippen LogP contribution in [0.25, 0.3) is 6.08 Å². The van der Waals surface area contributed by atoms with Crippen LogP contribution in [0, 0.1) is 0 Å². The van der Waals surface area contributed by atoms with Gasteiger partial charge in [-0.25, -0.2) is 0 Å². The molecule has 0 bridgehead atoms. The first kappa shape index (κ1) is 25.0. The largest absolute Gasteiger partial charge is 0.497 e. The number of hydrogen-bond acceptors (Lipinski definition) is 7. The van der Waals surface area contributed by atoms with Crippen molar-refractivity contribution < 1.29 is 37.4 Å². The Morgan fingerprint density at radius 2 is 1.82 bits per heavy atom. The number of carbonyl (C=O) groups excluding carboxylic acids is 3. The van der Waals surface area contributed by atoms with Crippen LogP contribution in [0.3, 0.4) is 0 Å². The molecule has 180 valence electrons. The molecule has 0 atom stereocenters. The highest BCUT2D eigenvalue weighted by Gasteiger charge is 2.34.